The molecular weight excluding hydrogens is 320 g/mol. The fourth-order valence-corrected chi connectivity index (χ4v) is 3.77. The third-order valence-corrected chi connectivity index (χ3v) is 5.07. The van der Waals surface area contributed by atoms with E-state index in [1.165, 1.54) is 11.8 Å². The van der Waals surface area contributed by atoms with Crippen LogP contribution in [0.25, 0.3) is 0 Å². The van der Waals surface area contributed by atoms with E-state index in [2.05, 4.69) is 22.3 Å². The monoisotopic (exact) mass is 340 g/mol. The van der Waals surface area contributed by atoms with Gasteiger partial charge >= 0.3 is 0 Å². The van der Waals surface area contributed by atoms with Crippen molar-refractivity contribution in [1.82, 2.24) is 0 Å². The summed E-state index contributed by atoms with van der Waals surface area (Å²) >= 11 is 1.84. The van der Waals surface area contributed by atoms with Crippen LogP contribution in [0.5, 0.6) is 0 Å². The number of hydrogen-bond acceptors (Lipinski definition) is 4. The highest BCUT2D eigenvalue weighted by Crippen LogP contribution is 2.33. The van der Waals surface area contributed by atoms with Gasteiger partial charge in [-0.05, 0) is 43.4 Å². The van der Waals surface area contributed by atoms with E-state index in [0.717, 1.165) is 24.4 Å². The lowest BCUT2D eigenvalue weighted by Gasteiger charge is -2.23. The lowest BCUT2D eigenvalue weighted by atomic mass is 10.1. The molecular formula is C19H20N2O2S. The molecule has 3 rings (SSSR count). The van der Waals surface area contributed by atoms with E-state index in [1.807, 2.05) is 23.9 Å². The summed E-state index contributed by atoms with van der Waals surface area (Å²) in [5.74, 6) is 0.984. The Labute approximate surface area is 146 Å². The van der Waals surface area contributed by atoms with E-state index in [1.54, 1.807) is 24.3 Å². The van der Waals surface area contributed by atoms with Crippen molar-refractivity contribution in [3.63, 3.8) is 0 Å². The van der Waals surface area contributed by atoms with Gasteiger partial charge in [-0.25, -0.2) is 0 Å². The summed E-state index contributed by atoms with van der Waals surface area (Å²) in [7, 11) is 0. The topological polar surface area (TPSA) is 49.4 Å². The lowest BCUT2D eigenvalue weighted by molar-refractivity contribution is -0.115. The Bertz CT molecular complexity index is 761. The van der Waals surface area contributed by atoms with Gasteiger partial charge in [0.25, 0.3) is 0 Å². The first kappa shape index (κ1) is 16.6. The highest BCUT2D eigenvalue weighted by molar-refractivity contribution is 7.99. The number of thioether (sulfide) groups is 1. The summed E-state index contributed by atoms with van der Waals surface area (Å²) in [6.07, 6.45) is 1.05. The van der Waals surface area contributed by atoms with Gasteiger partial charge in [0.1, 0.15) is 0 Å². The maximum atomic E-state index is 12.4. The maximum absolute atomic E-state index is 12.4. The third kappa shape index (κ3) is 3.97. The summed E-state index contributed by atoms with van der Waals surface area (Å²) in [5.41, 5.74) is 2.38. The van der Waals surface area contributed by atoms with Crippen LogP contribution in [0.4, 0.5) is 11.4 Å². The predicted octanol–water partition coefficient (Wildman–Crippen LogP) is 3.83. The summed E-state index contributed by atoms with van der Waals surface area (Å²) in [6, 6.07) is 15.3. The molecule has 1 N–H and O–H groups in total. The molecule has 1 aliphatic rings. The van der Waals surface area contributed by atoms with Crippen molar-refractivity contribution in [1.29, 1.82) is 0 Å². The second-order valence-corrected chi connectivity index (χ2v) is 6.91. The van der Waals surface area contributed by atoms with Crippen molar-refractivity contribution < 1.29 is 9.59 Å². The van der Waals surface area contributed by atoms with Crippen molar-refractivity contribution in [2.24, 2.45) is 0 Å². The van der Waals surface area contributed by atoms with Gasteiger partial charge in [-0.2, -0.15) is 0 Å². The first-order valence-electron chi connectivity index (χ1n) is 8.01. The normalized spacial score (nSPS) is 13.8. The van der Waals surface area contributed by atoms with Crippen molar-refractivity contribution in [3.8, 4) is 0 Å². The number of para-hydroxylation sites is 1. The Hall–Kier alpha value is -2.27. The molecule has 0 fully saturated rings. The van der Waals surface area contributed by atoms with Gasteiger partial charge in [0, 0.05) is 22.7 Å². The number of Topliss-reactive ketones (excluding diaryl/α,β-unsaturated/α-hetero) is 1. The number of ketones is 1. The highest BCUT2D eigenvalue weighted by Gasteiger charge is 2.18. The number of amides is 1. The fourth-order valence-electron chi connectivity index (χ4n) is 2.75. The van der Waals surface area contributed by atoms with Gasteiger partial charge in [0.2, 0.25) is 5.91 Å². The molecule has 2 aromatic carbocycles. The molecule has 24 heavy (non-hydrogen) atoms. The minimum Gasteiger partial charge on any atom is -0.361 e. The minimum absolute atomic E-state index is 0.00966. The molecule has 1 aliphatic heterocycles. The molecule has 4 nitrogen and oxygen atoms in total. The first-order valence-corrected chi connectivity index (χ1v) is 8.99. The van der Waals surface area contributed by atoms with Gasteiger partial charge in [-0.3, -0.25) is 9.59 Å². The van der Waals surface area contributed by atoms with E-state index in [9.17, 15) is 9.59 Å². The van der Waals surface area contributed by atoms with Gasteiger partial charge < -0.3 is 10.2 Å². The summed E-state index contributed by atoms with van der Waals surface area (Å²) in [4.78, 5) is 27.2. The number of carbonyl (C=O) groups is 2. The zero-order valence-electron chi connectivity index (χ0n) is 13.6. The number of anilines is 2. The van der Waals surface area contributed by atoms with Crippen LogP contribution in [0.2, 0.25) is 0 Å². The molecule has 2 aromatic rings. The number of hydrogen-bond donors (Lipinski definition) is 1. The molecule has 0 unspecified atom stereocenters. The van der Waals surface area contributed by atoms with Crippen molar-refractivity contribution in [2.75, 3.05) is 29.1 Å². The first-order chi connectivity index (χ1) is 11.6. The molecule has 0 bridgehead atoms. The largest absolute Gasteiger partial charge is 0.361 e. The highest BCUT2D eigenvalue weighted by atomic mass is 32.2. The van der Waals surface area contributed by atoms with E-state index in [-0.39, 0.29) is 11.7 Å². The molecule has 1 amide bonds. The molecule has 0 saturated carbocycles. The predicted molar refractivity (Wildman–Crippen MR) is 99.1 cm³/mol. The fraction of sp³-hybridized carbons (Fsp3) is 0.263. The molecule has 0 radical (unpaired) electrons. The van der Waals surface area contributed by atoms with Crippen LogP contribution in [0.15, 0.2) is 53.4 Å². The molecule has 124 valence electrons. The molecule has 5 heteroatoms. The van der Waals surface area contributed by atoms with Gasteiger partial charge in [0.15, 0.2) is 5.78 Å². The van der Waals surface area contributed by atoms with Crippen LogP contribution in [0.3, 0.4) is 0 Å². The Morgan fingerprint density at radius 3 is 2.83 bits per heavy atom. The number of fused-ring (bicyclic) bond motifs is 1. The van der Waals surface area contributed by atoms with Crippen molar-refractivity contribution in [3.05, 3.63) is 54.1 Å². The number of carbonyl (C=O) groups excluding carboxylic acids is 2. The summed E-state index contributed by atoms with van der Waals surface area (Å²) < 4.78 is 0. The molecule has 1 heterocycles. The second kappa shape index (κ2) is 7.53. The van der Waals surface area contributed by atoms with Crippen LogP contribution in [-0.2, 0) is 4.79 Å². The van der Waals surface area contributed by atoms with Crippen LogP contribution in [0.1, 0.15) is 23.7 Å². The van der Waals surface area contributed by atoms with Crippen molar-refractivity contribution >= 4 is 34.8 Å². The van der Waals surface area contributed by atoms with Gasteiger partial charge in [-0.15, -0.1) is 11.8 Å². The van der Waals surface area contributed by atoms with E-state index >= 15 is 0 Å². The Balaban J connectivity index is 1.71. The molecule has 0 spiro atoms. The summed E-state index contributed by atoms with van der Waals surface area (Å²) in [5, 5.41) is 2.90. The average molecular weight is 340 g/mol. The lowest BCUT2D eigenvalue weighted by Crippen LogP contribution is -2.34. The van der Waals surface area contributed by atoms with Gasteiger partial charge in [0.05, 0.1) is 12.2 Å². The average Bonchev–Trinajstić information content (AvgIpc) is 2.77. The van der Waals surface area contributed by atoms with E-state index < -0.39 is 0 Å². The third-order valence-electron chi connectivity index (χ3n) is 3.92. The number of nitrogens with zero attached hydrogens (tertiary/aromatic N) is 1. The maximum Gasteiger partial charge on any atom is 0.243 e. The Kier molecular flexibility index (Phi) is 5.20. The number of benzene rings is 2. The zero-order chi connectivity index (χ0) is 16.9. The summed E-state index contributed by atoms with van der Waals surface area (Å²) in [6.45, 7) is 2.69. The van der Waals surface area contributed by atoms with Crippen LogP contribution >= 0.6 is 11.8 Å². The molecule has 0 atom stereocenters. The molecule has 0 aliphatic carbocycles. The van der Waals surface area contributed by atoms with Crippen LogP contribution in [0, 0.1) is 0 Å². The zero-order valence-corrected chi connectivity index (χ0v) is 14.4. The number of nitrogens with one attached hydrogen (secondary N) is 1. The Morgan fingerprint density at radius 1 is 1.17 bits per heavy atom. The standard InChI is InChI=1S/C19H20N2O2S/c1-14(22)15-6-4-7-16(12-15)20-19(23)13-21-10-5-11-24-18-9-3-2-8-17(18)21/h2-4,6-9,12H,5,10-11,13H2,1H3,(H,20,23). The minimum atomic E-state index is -0.0718. The van der Waals surface area contributed by atoms with E-state index in [0.29, 0.717) is 17.8 Å². The van der Waals surface area contributed by atoms with Gasteiger partial charge in [-0.1, -0.05) is 24.3 Å². The second-order valence-electron chi connectivity index (χ2n) is 5.78. The quantitative estimate of drug-likeness (QED) is 0.860. The van der Waals surface area contributed by atoms with Crippen molar-refractivity contribution in [2.45, 2.75) is 18.2 Å². The smallest absolute Gasteiger partial charge is 0.243 e. The van der Waals surface area contributed by atoms with E-state index in [4.69, 9.17) is 0 Å². The molecule has 0 aromatic heterocycles. The number of rotatable bonds is 4. The Morgan fingerprint density at radius 2 is 2.00 bits per heavy atom. The van der Waals surface area contributed by atoms with Crippen LogP contribution < -0.4 is 10.2 Å². The molecule has 0 saturated heterocycles. The SMILES string of the molecule is CC(=O)c1cccc(NC(=O)CN2CCCSc3ccccc32)c1. The van der Waals surface area contributed by atoms with Crippen LogP contribution in [-0.4, -0.2) is 30.5 Å².